The summed E-state index contributed by atoms with van der Waals surface area (Å²) < 4.78 is 5.38. The number of aromatic hydroxyl groups is 1. The fourth-order valence-corrected chi connectivity index (χ4v) is 2.76. The van der Waals surface area contributed by atoms with Crippen LogP contribution in [0.4, 0.5) is 0 Å². The van der Waals surface area contributed by atoms with Crippen molar-refractivity contribution in [2.24, 2.45) is 0 Å². The van der Waals surface area contributed by atoms with Crippen LogP contribution >= 0.6 is 0 Å². The van der Waals surface area contributed by atoms with Crippen molar-refractivity contribution < 1.29 is 19.4 Å². The van der Waals surface area contributed by atoms with E-state index in [1.807, 2.05) is 18.2 Å². The lowest BCUT2D eigenvalue weighted by molar-refractivity contribution is -0.137. The Morgan fingerprint density at radius 3 is 2.41 bits per heavy atom. The number of phenolic OH excluding ortho intramolecular Hbond substituents is 1. The Kier molecular flexibility index (Phi) is 5.07. The van der Waals surface area contributed by atoms with Gasteiger partial charge < -0.3 is 14.7 Å². The molecule has 0 saturated heterocycles. The lowest BCUT2D eigenvalue weighted by Crippen LogP contribution is -2.34. The maximum absolute atomic E-state index is 12.8. The molecule has 0 aliphatic rings. The highest BCUT2D eigenvalue weighted by Gasteiger charge is 2.22. The third-order valence-corrected chi connectivity index (χ3v) is 4.17. The third-order valence-electron chi connectivity index (χ3n) is 4.17. The molecule has 1 N–H and O–H groups in total. The molecular formula is C21H20N2O4. The van der Waals surface area contributed by atoms with Crippen LogP contribution in [0.1, 0.15) is 17.3 Å². The van der Waals surface area contributed by atoms with Gasteiger partial charge in [-0.3, -0.25) is 4.79 Å². The Morgan fingerprint density at radius 2 is 1.74 bits per heavy atom. The third kappa shape index (κ3) is 3.89. The maximum Gasteiger partial charge on any atom is 0.339 e. The molecule has 0 spiro atoms. The summed E-state index contributed by atoms with van der Waals surface area (Å²) in [5, 5.41) is 10.1. The Balaban J connectivity index is 2.04. The van der Waals surface area contributed by atoms with Gasteiger partial charge in [-0.15, -0.1) is 0 Å². The summed E-state index contributed by atoms with van der Waals surface area (Å²) in [5.74, 6) is -0.730. The first-order valence-corrected chi connectivity index (χ1v) is 8.48. The monoisotopic (exact) mass is 364 g/mol. The number of hydrogen-bond donors (Lipinski definition) is 1. The number of carbonyl (C=O) groups is 2. The number of benzene rings is 2. The highest BCUT2D eigenvalue weighted by atomic mass is 16.5. The summed E-state index contributed by atoms with van der Waals surface area (Å²) in [5.41, 5.74) is 2.31. The summed E-state index contributed by atoms with van der Waals surface area (Å²) in [7, 11) is 3.22. The van der Waals surface area contributed by atoms with Crippen LogP contribution in [0.5, 0.6) is 5.75 Å². The predicted molar refractivity (Wildman–Crippen MR) is 102 cm³/mol. The van der Waals surface area contributed by atoms with E-state index in [9.17, 15) is 14.7 Å². The molecule has 0 radical (unpaired) electrons. The Hall–Kier alpha value is -3.41. The number of likely N-dealkylation sites (N-methyl/N-ethyl adjacent to an activating group) is 1. The maximum atomic E-state index is 12.8. The van der Waals surface area contributed by atoms with Crippen LogP contribution in [0.2, 0.25) is 0 Å². The molecule has 6 nitrogen and oxygen atoms in total. The predicted octanol–water partition coefficient (Wildman–Crippen LogP) is 3.24. The molecule has 138 valence electrons. The van der Waals surface area contributed by atoms with Crippen LogP contribution < -0.4 is 0 Å². The number of nitrogens with zero attached hydrogens (tertiary/aromatic N) is 2. The Labute approximate surface area is 157 Å². The SMILES string of the molecule is C[C@@H](OC(=O)c1cc(-c2ccc(O)cc2)nc2ccccc12)C(=O)N(C)C. The second kappa shape index (κ2) is 7.45. The molecule has 3 rings (SSSR count). The van der Waals surface area contributed by atoms with Gasteiger partial charge in [-0.2, -0.15) is 0 Å². The summed E-state index contributed by atoms with van der Waals surface area (Å²) in [4.78, 5) is 30.8. The molecule has 1 aromatic heterocycles. The second-order valence-corrected chi connectivity index (χ2v) is 6.40. The highest BCUT2D eigenvalue weighted by molar-refractivity contribution is 6.05. The van der Waals surface area contributed by atoms with E-state index in [1.54, 1.807) is 57.4 Å². The minimum atomic E-state index is -0.892. The van der Waals surface area contributed by atoms with Crippen molar-refractivity contribution in [1.82, 2.24) is 9.88 Å². The highest BCUT2D eigenvalue weighted by Crippen LogP contribution is 2.26. The average Bonchev–Trinajstić information content (AvgIpc) is 2.66. The molecule has 1 atom stereocenters. The van der Waals surface area contributed by atoms with Gasteiger partial charge in [0, 0.05) is 25.0 Å². The van der Waals surface area contributed by atoms with Gasteiger partial charge in [-0.05, 0) is 43.3 Å². The van der Waals surface area contributed by atoms with E-state index in [0.717, 1.165) is 5.56 Å². The minimum Gasteiger partial charge on any atom is -0.508 e. The topological polar surface area (TPSA) is 79.7 Å². The largest absolute Gasteiger partial charge is 0.508 e. The van der Waals surface area contributed by atoms with Crippen molar-refractivity contribution in [2.45, 2.75) is 13.0 Å². The number of amides is 1. The molecule has 2 aromatic carbocycles. The number of rotatable bonds is 4. The number of carbonyl (C=O) groups excluding carboxylic acids is 2. The minimum absolute atomic E-state index is 0.148. The number of pyridine rings is 1. The van der Waals surface area contributed by atoms with E-state index in [0.29, 0.717) is 22.2 Å². The van der Waals surface area contributed by atoms with Crippen LogP contribution in [0.15, 0.2) is 54.6 Å². The molecule has 0 aliphatic heterocycles. The number of aromatic nitrogens is 1. The van der Waals surface area contributed by atoms with Gasteiger partial charge in [-0.25, -0.2) is 9.78 Å². The standard InChI is InChI=1S/C21H20N2O4/c1-13(20(25)23(2)3)27-21(26)17-12-19(14-8-10-15(24)11-9-14)22-18-7-5-4-6-16(17)18/h4-13,24H,1-3H3/t13-/m1/s1. The van der Waals surface area contributed by atoms with Gasteiger partial charge in [0.2, 0.25) is 0 Å². The lowest BCUT2D eigenvalue weighted by Gasteiger charge is -2.18. The van der Waals surface area contributed by atoms with Crippen LogP contribution in [0, 0.1) is 0 Å². The summed E-state index contributed by atoms with van der Waals surface area (Å²) in [6.07, 6.45) is -0.892. The van der Waals surface area contributed by atoms with Crippen LogP contribution in [-0.4, -0.2) is 47.1 Å². The molecule has 0 unspecified atom stereocenters. The number of fused-ring (bicyclic) bond motifs is 1. The van der Waals surface area contributed by atoms with E-state index in [-0.39, 0.29) is 11.7 Å². The molecule has 3 aromatic rings. The molecule has 27 heavy (non-hydrogen) atoms. The van der Waals surface area contributed by atoms with Crippen LogP contribution in [0.25, 0.3) is 22.2 Å². The van der Waals surface area contributed by atoms with Gasteiger partial charge in [0.05, 0.1) is 16.8 Å². The number of esters is 1. The number of para-hydroxylation sites is 1. The Morgan fingerprint density at radius 1 is 1.07 bits per heavy atom. The van der Waals surface area contributed by atoms with Crippen molar-refractivity contribution >= 4 is 22.8 Å². The average molecular weight is 364 g/mol. The van der Waals surface area contributed by atoms with Crippen molar-refractivity contribution in [1.29, 1.82) is 0 Å². The van der Waals surface area contributed by atoms with Crippen LogP contribution in [0.3, 0.4) is 0 Å². The number of phenols is 1. The lowest BCUT2D eigenvalue weighted by atomic mass is 10.0. The molecule has 1 heterocycles. The van der Waals surface area contributed by atoms with E-state index in [4.69, 9.17) is 4.74 Å². The van der Waals surface area contributed by atoms with E-state index in [1.165, 1.54) is 4.90 Å². The Bertz CT molecular complexity index is 997. The number of hydrogen-bond acceptors (Lipinski definition) is 5. The first-order chi connectivity index (χ1) is 12.9. The van der Waals surface area contributed by atoms with Gasteiger partial charge >= 0.3 is 5.97 Å². The summed E-state index contributed by atoms with van der Waals surface area (Å²) in [6, 6.07) is 15.5. The normalized spacial score (nSPS) is 11.8. The molecular weight excluding hydrogens is 344 g/mol. The van der Waals surface area contributed by atoms with Crippen molar-refractivity contribution in [3.8, 4) is 17.0 Å². The van der Waals surface area contributed by atoms with Gasteiger partial charge in [0.1, 0.15) is 5.75 Å². The van der Waals surface area contributed by atoms with Gasteiger partial charge in [0.25, 0.3) is 5.91 Å². The molecule has 0 bridgehead atoms. The fraction of sp³-hybridized carbons (Fsp3) is 0.190. The number of ether oxygens (including phenoxy) is 1. The molecule has 1 amide bonds. The smallest absolute Gasteiger partial charge is 0.339 e. The van der Waals surface area contributed by atoms with E-state index < -0.39 is 12.1 Å². The fourth-order valence-electron chi connectivity index (χ4n) is 2.76. The zero-order chi connectivity index (χ0) is 19.6. The molecule has 0 fully saturated rings. The first kappa shape index (κ1) is 18.4. The zero-order valence-corrected chi connectivity index (χ0v) is 15.3. The summed E-state index contributed by atoms with van der Waals surface area (Å²) in [6.45, 7) is 1.55. The molecule has 0 saturated carbocycles. The molecule has 6 heteroatoms. The summed E-state index contributed by atoms with van der Waals surface area (Å²) >= 11 is 0. The van der Waals surface area contributed by atoms with Crippen molar-refractivity contribution in [3.05, 3.63) is 60.2 Å². The van der Waals surface area contributed by atoms with E-state index in [2.05, 4.69) is 4.98 Å². The van der Waals surface area contributed by atoms with Gasteiger partial charge in [0.15, 0.2) is 6.10 Å². The quantitative estimate of drug-likeness (QED) is 0.719. The van der Waals surface area contributed by atoms with Crippen molar-refractivity contribution in [3.63, 3.8) is 0 Å². The van der Waals surface area contributed by atoms with E-state index >= 15 is 0 Å². The second-order valence-electron chi connectivity index (χ2n) is 6.40. The van der Waals surface area contributed by atoms with Crippen LogP contribution in [-0.2, 0) is 9.53 Å². The van der Waals surface area contributed by atoms with Crippen molar-refractivity contribution in [2.75, 3.05) is 14.1 Å². The van der Waals surface area contributed by atoms with Gasteiger partial charge in [-0.1, -0.05) is 18.2 Å². The zero-order valence-electron chi connectivity index (χ0n) is 15.3. The first-order valence-electron chi connectivity index (χ1n) is 8.48. The molecule has 0 aliphatic carbocycles.